The second-order valence-corrected chi connectivity index (χ2v) is 9.83. The van der Waals surface area contributed by atoms with E-state index in [9.17, 15) is 9.59 Å². The van der Waals surface area contributed by atoms with E-state index in [1.807, 2.05) is 48.5 Å². The van der Waals surface area contributed by atoms with E-state index in [-0.39, 0.29) is 17.2 Å². The van der Waals surface area contributed by atoms with Crippen LogP contribution in [0.2, 0.25) is 0 Å². The van der Waals surface area contributed by atoms with E-state index in [1.165, 1.54) is 11.1 Å². The highest BCUT2D eigenvalue weighted by molar-refractivity contribution is 6.04. The molecule has 0 saturated carbocycles. The highest BCUT2D eigenvalue weighted by atomic mass is 16.5. The van der Waals surface area contributed by atoms with Crippen LogP contribution < -0.4 is 15.4 Å². The number of carbonyl (C=O) groups is 2. The molecule has 0 aliphatic heterocycles. The molecule has 5 nitrogen and oxygen atoms in total. The van der Waals surface area contributed by atoms with Gasteiger partial charge in [0.05, 0.1) is 0 Å². The summed E-state index contributed by atoms with van der Waals surface area (Å²) in [6, 6.07) is 22.4. The van der Waals surface area contributed by atoms with E-state index in [0.29, 0.717) is 28.6 Å². The molecule has 3 aromatic carbocycles. The minimum absolute atomic E-state index is 0.0379. The van der Waals surface area contributed by atoms with Gasteiger partial charge in [-0.2, -0.15) is 0 Å². The average Bonchev–Trinajstić information content (AvgIpc) is 2.80. The first-order valence-corrected chi connectivity index (χ1v) is 11.6. The quantitative estimate of drug-likeness (QED) is 0.411. The van der Waals surface area contributed by atoms with Crippen molar-refractivity contribution in [2.24, 2.45) is 0 Å². The van der Waals surface area contributed by atoms with Crippen LogP contribution in [0.3, 0.4) is 0 Å². The van der Waals surface area contributed by atoms with Crippen molar-refractivity contribution >= 4 is 23.2 Å². The molecule has 1 atom stereocenters. The third-order valence-electron chi connectivity index (χ3n) is 5.65. The van der Waals surface area contributed by atoms with Crippen LogP contribution >= 0.6 is 0 Å². The van der Waals surface area contributed by atoms with Crippen LogP contribution in [0.1, 0.15) is 68.9 Å². The van der Waals surface area contributed by atoms with E-state index in [1.54, 1.807) is 31.2 Å². The smallest absolute Gasteiger partial charge is 0.265 e. The second kappa shape index (κ2) is 10.6. The fourth-order valence-electron chi connectivity index (χ4n) is 3.39. The molecule has 2 N–H and O–H groups in total. The van der Waals surface area contributed by atoms with Gasteiger partial charge in [0.2, 0.25) is 0 Å². The molecule has 5 heteroatoms. The SMILES string of the molecule is CC(Oc1ccc(C(C)C)cc1)C(=O)Nc1ccc(NC(=O)c2ccc(C(C)(C)C)cc2)cc1. The summed E-state index contributed by atoms with van der Waals surface area (Å²) in [5.41, 5.74) is 4.31. The van der Waals surface area contributed by atoms with Gasteiger partial charge in [-0.25, -0.2) is 0 Å². The van der Waals surface area contributed by atoms with Crippen LogP contribution in [0.4, 0.5) is 11.4 Å². The molecule has 0 saturated heterocycles. The van der Waals surface area contributed by atoms with Gasteiger partial charge in [-0.3, -0.25) is 9.59 Å². The summed E-state index contributed by atoms with van der Waals surface area (Å²) in [6.07, 6.45) is -0.652. The molecule has 0 radical (unpaired) electrons. The zero-order chi connectivity index (χ0) is 24.9. The lowest BCUT2D eigenvalue weighted by molar-refractivity contribution is -0.122. The third kappa shape index (κ3) is 6.70. The van der Waals surface area contributed by atoms with Gasteiger partial charge in [0.15, 0.2) is 6.10 Å². The summed E-state index contributed by atoms with van der Waals surface area (Å²) in [5, 5.41) is 5.74. The van der Waals surface area contributed by atoms with Crippen LogP contribution in [0.25, 0.3) is 0 Å². The summed E-state index contributed by atoms with van der Waals surface area (Å²) in [7, 11) is 0. The molecular formula is C29H34N2O3. The molecule has 0 fully saturated rings. The summed E-state index contributed by atoms with van der Waals surface area (Å²) in [4.78, 5) is 25.1. The zero-order valence-corrected chi connectivity index (χ0v) is 20.8. The maximum absolute atomic E-state index is 12.6. The van der Waals surface area contributed by atoms with Crippen LogP contribution in [-0.4, -0.2) is 17.9 Å². The molecule has 3 rings (SSSR count). The fourth-order valence-corrected chi connectivity index (χ4v) is 3.39. The number of hydrogen-bond acceptors (Lipinski definition) is 3. The first-order valence-electron chi connectivity index (χ1n) is 11.6. The third-order valence-corrected chi connectivity index (χ3v) is 5.65. The molecule has 0 heterocycles. The first-order chi connectivity index (χ1) is 16.0. The molecule has 0 bridgehead atoms. The standard InChI is InChI=1S/C29H34N2O3/c1-19(2)21-9-17-26(18-10-21)34-20(3)27(32)30-24-13-15-25(16-14-24)31-28(33)22-7-11-23(12-8-22)29(4,5)6/h7-20H,1-6H3,(H,30,32)(H,31,33). The Morgan fingerprint density at radius 3 is 1.76 bits per heavy atom. The number of ether oxygens (including phenoxy) is 1. The van der Waals surface area contributed by atoms with E-state index >= 15 is 0 Å². The Morgan fingerprint density at radius 2 is 1.26 bits per heavy atom. The average molecular weight is 459 g/mol. The zero-order valence-electron chi connectivity index (χ0n) is 20.8. The second-order valence-electron chi connectivity index (χ2n) is 9.83. The van der Waals surface area contributed by atoms with Gasteiger partial charge in [0, 0.05) is 16.9 Å². The lowest BCUT2D eigenvalue weighted by Crippen LogP contribution is -2.30. The molecule has 3 aromatic rings. The van der Waals surface area contributed by atoms with E-state index in [2.05, 4.69) is 45.3 Å². The maximum Gasteiger partial charge on any atom is 0.265 e. The Kier molecular flexibility index (Phi) is 7.77. The Bertz CT molecular complexity index is 1110. The molecule has 0 aromatic heterocycles. The molecule has 1 unspecified atom stereocenters. The van der Waals surface area contributed by atoms with Crippen LogP contribution in [0, 0.1) is 0 Å². The Labute approximate surface area is 202 Å². The number of hydrogen-bond donors (Lipinski definition) is 2. The molecule has 0 spiro atoms. The van der Waals surface area contributed by atoms with E-state index < -0.39 is 6.10 Å². The van der Waals surface area contributed by atoms with E-state index in [4.69, 9.17) is 4.74 Å². The van der Waals surface area contributed by atoms with Crippen LogP contribution in [0.5, 0.6) is 5.75 Å². The maximum atomic E-state index is 12.6. The van der Waals surface area contributed by atoms with Crippen molar-refractivity contribution in [3.05, 3.63) is 89.5 Å². The molecule has 178 valence electrons. The molecule has 2 amide bonds. The van der Waals surface area contributed by atoms with Crippen molar-refractivity contribution in [1.29, 1.82) is 0 Å². The summed E-state index contributed by atoms with van der Waals surface area (Å²) in [6.45, 7) is 12.4. The van der Waals surface area contributed by atoms with Gasteiger partial charge in [-0.1, -0.05) is 58.9 Å². The molecule has 34 heavy (non-hydrogen) atoms. The van der Waals surface area contributed by atoms with Gasteiger partial charge >= 0.3 is 0 Å². The lowest BCUT2D eigenvalue weighted by Gasteiger charge is -2.19. The van der Waals surface area contributed by atoms with Gasteiger partial charge in [0.1, 0.15) is 5.75 Å². The number of rotatable bonds is 7. The number of nitrogens with one attached hydrogen (secondary N) is 2. The van der Waals surface area contributed by atoms with Gasteiger partial charge in [-0.05, 0) is 77.9 Å². The molecule has 0 aliphatic carbocycles. The van der Waals surface area contributed by atoms with Crippen LogP contribution in [-0.2, 0) is 10.2 Å². The van der Waals surface area contributed by atoms with Crippen LogP contribution in [0.15, 0.2) is 72.8 Å². The topological polar surface area (TPSA) is 67.4 Å². The fraction of sp³-hybridized carbons (Fsp3) is 0.310. The van der Waals surface area contributed by atoms with Crippen molar-refractivity contribution in [1.82, 2.24) is 0 Å². The van der Waals surface area contributed by atoms with Gasteiger partial charge in [-0.15, -0.1) is 0 Å². The van der Waals surface area contributed by atoms with Crippen molar-refractivity contribution < 1.29 is 14.3 Å². The minimum atomic E-state index is -0.652. The normalized spacial score (nSPS) is 12.2. The van der Waals surface area contributed by atoms with Gasteiger partial charge in [0.25, 0.3) is 11.8 Å². The Morgan fingerprint density at radius 1 is 0.735 bits per heavy atom. The van der Waals surface area contributed by atoms with Crippen molar-refractivity contribution in [3.63, 3.8) is 0 Å². The Hall–Kier alpha value is -3.60. The summed E-state index contributed by atoms with van der Waals surface area (Å²) >= 11 is 0. The van der Waals surface area contributed by atoms with Gasteiger partial charge < -0.3 is 15.4 Å². The Balaban J connectivity index is 1.54. The highest BCUT2D eigenvalue weighted by Gasteiger charge is 2.16. The molecule has 0 aliphatic rings. The highest BCUT2D eigenvalue weighted by Crippen LogP contribution is 2.23. The first kappa shape index (κ1) is 25.0. The van der Waals surface area contributed by atoms with Crippen molar-refractivity contribution in [2.75, 3.05) is 10.6 Å². The van der Waals surface area contributed by atoms with E-state index in [0.717, 1.165) is 0 Å². The minimum Gasteiger partial charge on any atom is -0.481 e. The summed E-state index contributed by atoms with van der Waals surface area (Å²) in [5.74, 6) is 0.670. The number of benzene rings is 3. The van der Waals surface area contributed by atoms with Crippen molar-refractivity contribution in [3.8, 4) is 5.75 Å². The molecular weight excluding hydrogens is 424 g/mol. The number of anilines is 2. The number of amides is 2. The summed E-state index contributed by atoms with van der Waals surface area (Å²) < 4.78 is 5.77. The predicted octanol–water partition coefficient (Wildman–Crippen LogP) is 6.77. The van der Waals surface area contributed by atoms with Crippen molar-refractivity contribution in [2.45, 2.75) is 59.0 Å². The number of carbonyl (C=O) groups excluding carboxylic acids is 2. The lowest BCUT2D eigenvalue weighted by atomic mass is 9.87. The largest absolute Gasteiger partial charge is 0.481 e. The monoisotopic (exact) mass is 458 g/mol. The predicted molar refractivity (Wildman–Crippen MR) is 139 cm³/mol.